The highest BCUT2D eigenvalue weighted by Gasteiger charge is 2.30. The van der Waals surface area contributed by atoms with Crippen molar-refractivity contribution >= 4 is 15.9 Å². The maximum atomic E-state index is 13.2. The van der Waals surface area contributed by atoms with Gasteiger partial charge in [-0.3, -0.25) is 0 Å². The zero-order valence-electron chi connectivity index (χ0n) is 12.9. The molecule has 0 fully saturated rings. The molecule has 0 aliphatic rings. The minimum absolute atomic E-state index is 0.0685. The summed E-state index contributed by atoms with van der Waals surface area (Å²) in [5, 5.41) is 0. The molecule has 0 N–H and O–H groups in total. The summed E-state index contributed by atoms with van der Waals surface area (Å²) >= 11 is 3.29. The van der Waals surface area contributed by atoms with E-state index in [9.17, 15) is 22.0 Å². The predicted molar refractivity (Wildman–Crippen MR) is 90.6 cm³/mol. The van der Waals surface area contributed by atoms with Crippen LogP contribution in [0.5, 0.6) is 0 Å². The molecule has 0 radical (unpaired) electrons. The molecule has 1 heterocycles. The summed E-state index contributed by atoms with van der Waals surface area (Å²) in [5.74, 6) is 0.0685. The third-order valence-electron chi connectivity index (χ3n) is 3.56. The number of aromatic nitrogens is 2. The van der Waals surface area contributed by atoms with E-state index in [1.54, 1.807) is 24.3 Å². The molecular weight excluding hydrogens is 419 g/mol. The van der Waals surface area contributed by atoms with Crippen molar-refractivity contribution in [3.05, 3.63) is 70.3 Å². The summed E-state index contributed by atoms with van der Waals surface area (Å²) in [6, 6.07) is 12.0. The summed E-state index contributed by atoms with van der Waals surface area (Å²) in [4.78, 5) is 8.11. The van der Waals surface area contributed by atoms with E-state index in [-0.39, 0.29) is 11.5 Å². The van der Waals surface area contributed by atoms with Crippen molar-refractivity contribution in [3.8, 4) is 22.6 Å². The first kappa shape index (κ1) is 18.4. The summed E-state index contributed by atoms with van der Waals surface area (Å²) in [6.45, 7) is 0. The second-order valence-corrected chi connectivity index (χ2v) is 6.30. The average molecular weight is 429 g/mol. The van der Waals surface area contributed by atoms with Gasteiger partial charge in [0.1, 0.15) is 5.69 Å². The molecule has 3 rings (SSSR count). The fraction of sp³-hybridized carbons (Fsp3) is 0.111. The second-order valence-electron chi connectivity index (χ2n) is 5.39. The molecule has 8 heteroatoms. The summed E-state index contributed by atoms with van der Waals surface area (Å²) in [5.41, 5.74) is -0.394. The lowest BCUT2D eigenvalue weighted by molar-refractivity contribution is -0.137. The Bertz CT molecular complexity index is 924. The van der Waals surface area contributed by atoms with Crippen LogP contribution in [0.2, 0.25) is 0 Å². The van der Waals surface area contributed by atoms with E-state index in [0.717, 1.165) is 22.7 Å². The highest BCUT2D eigenvalue weighted by Crippen LogP contribution is 2.32. The van der Waals surface area contributed by atoms with Crippen molar-refractivity contribution in [3.63, 3.8) is 0 Å². The lowest BCUT2D eigenvalue weighted by Gasteiger charge is -2.10. The van der Waals surface area contributed by atoms with E-state index in [1.165, 1.54) is 12.1 Å². The first-order valence-corrected chi connectivity index (χ1v) is 8.14. The molecular formula is C18H10BrF5N2. The van der Waals surface area contributed by atoms with Gasteiger partial charge >= 0.3 is 6.18 Å². The quantitative estimate of drug-likeness (QED) is 0.443. The maximum absolute atomic E-state index is 13.2. The Balaban J connectivity index is 2.09. The fourth-order valence-electron chi connectivity index (χ4n) is 2.31. The molecule has 26 heavy (non-hydrogen) atoms. The average Bonchev–Trinajstić information content (AvgIpc) is 2.60. The Hall–Kier alpha value is -2.35. The maximum Gasteiger partial charge on any atom is 0.416 e. The number of nitrogens with zero attached hydrogens (tertiary/aromatic N) is 2. The molecule has 134 valence electrons. The number of hydrogen-bond donors (Lipinski definition) is 0. The SMILES string of the molecule is FC(F)c1cc(-c2ccc(C(F)(F)F)cc2)nc(-c2cccc(Br)c2)n1. The molecule has 0 saturated carbocycles. The molecule has 3 aromatic rings. The van der Waals surface area contributed by atoms with E-state index >= 15 is 0 Å². The summed E-state index contributed by atoms with van der Waals surface area (Å²) < 4.78 is 65.2. The second kappa shape index (κ2) is 7.11. The van der Waals surface area contributed by atoms with Crippen LogP contribution in [0, 0.1) is 0 Å². The first-order chi connectivity index (χ1) is 12.2. The highest BCUT2D eigenvalue weighted by molar-refractivity contribution is 9.10. The van der Waals surface area contributed by atoms with Crippen LogP contribution in [0.3, 0.4) is 0 Å². The number of alkyl halides is 5. The molecule has 0 aliphatic heterocycles. The Labute approximate surface area is 153 Å². The van der Waals surface area contributed by atoms with Gasteiger partial charge in [-0.25, -0.2) is 18.7 Å². The van der Waals surface area contributed by atoms with Gasteiger partial charge in [-0.15, -0.1) is 0 Å². The summed E-state index contributed by atoms with van der Waals surface area (Å²) in [7, 11) is 0. The largest absolute Gasteiger partial charge is 0.416 e. The molecule has 0 unspecified atom stereocenters. The predicted octanol–water partition coefficient (Wildman–Crippen LogP) is 6.53. The van der Waals surface area contributed by atoms with Crippen molar-refractivity contribution in [1.82, 2.24) is 9.97 Å². The van der Waals surface area contributed by atoms with Crippen molar-refractivity contribution in [1.29, 1.82) is 0 Å². The van der Waals surface area contributed by atoms with Crippen LogP contribution < -0.4 is 0 Å². The van der Waals surface area contributed by atoms with E-state index in [2.05, 4.69) is 25.9 Å². The molecule has 0 amide bonds. The van der Waals surface area contributed by atoms with Crippen LogP contribution in [0.15, 0.2) is 59.1 Å². The van der Waals surface area contributed by atoms with Crippen LogP contribution in [0.4, 0.5) is 22.0 Å². The minimum Gasteiger partial charge on any atom is -0.228 e. The molecule has 0 spiro atoms. The van der Waals surface area contributed by atoms with Gasteiger partial charge in [0.15, 0.2) is 5.82 Å². The van der Waals surface area contributed by atoms with E-state index < -0.39 is 23.9 Å². The van der Waals surface area contributed by atoms with Gasteiger partial charge in [-0.2, -0.15) is 13.2 Å². The van der Waals surface area contributed by atoms with Crippen LogP contribution in [-0.4, -0.2) is 9.97 Å². The van der Waals surface area contributed by atoms with Gasteiger partial charge in [-0.05, 0) is 30.3 Å². The van der Waals surface area contributed by atoms with E-state index in [4.69, 9.17) is 0 Å². The van der Waals surface area contributed by atoms with Crippen molar-refractivity contribution < 1.29 is 22.0 Å². The zero-order chi connectivity index (χ0) is 18.9. The van der Waals surface area contributed by atoms with E-state index in [0.29, 0.717) is 11.1 Å². The van der Waals surface area contributed by atoms with Crippen molar-refractivity contribution in [2.75, 3.05) is 0 Å². The molecule has 0 saturated heterocycles. The minimum atomic E-state index is -4.47. The van der Waals surface area contributed by atoms with E-state index in [1.807, 2.05) is 0 Å². The topological polar surface area (TPSA) is 25.8 Å². The Morgan fingerprint density at radius 3 is 2.12 bits per heavy atom. The molecule has 2 aromatic carbocycles. The van der Waals surface area contributed by atoms with Gasteiger partial charge in [0.2, 0.25) is 0 Å². The normalized spacial score (nSPS) is 11.8. The Morgan fingerprint density at radius 2 is 1.54 bits per heavy atom. The third-order valence-corrected chi connectivity index (χ3v) is 4.05. The van der Waals surface area contributed by atoms with Crippen molar-refractivity contribution in [2.45, 2.75) is 12.6 Å². The highest BCUT2D eigenvalue weighted by atomic mass is 79.9. The Kier molecular flexibility index (Phi) is 5.04. The summed E-state index contributed by atoms with van der Waals surface area (Å²) in [6.07, 6.45) is -7.31. The molecule has 0 atom stereocenters. The number of rotatable bonds is 3. The number of halogens is 6. The molecule has 0 aliphatic carbocycles. The number of benzene rings is 2. The number of hydrogen-bond acceptors (Lipinski definition) is 2. The first-order valence-electron chi connectivity index (χ1n) is 7.35. The van der Waals surface area contributed by atoms with Gasteiger partial charge < -0.3 is 0 Å². The van der Waals surface area contributed by atoms with Crippen LogP contribution in [0.1, 0.15) is 17.7 Å². The van der Waals surface area contributed by atoms with Crippen molar-refractivity contribution in [2.24, 2.45) is 0 Å². The molecule has 0 bridgehead atoms. The van der Waals surface area contributed by atoms with Gasteiger partial charge in [-0.1, -0.05) is 40.2 Å². The lowest BCUT2D eigenvalue weighted by atomic mass is 10.1. The zero-order valence-corrected chi connectivity index (χ0v) is 14.5. The van der Waals surface area contributed by atoms with Crippen LogP contribution in [-0.2, 0) is 6.18 Å². The third kappa shape index (κ3) is 4.07. The van der Waals surface area contributed by atoms with Gasteiger partial charge in [0.05, 0.1) is 11.3 Å². The van der Waals surface area contributed by atoms with Crippen LogP contribution >= 0.6 is 15.9 Å². The van der Waals surface area contributed by atoms with Gasteiger partial charge in [0, 0.05) is 15.6 Å². The molecule has 1 aromatic heterocycles. The molecule has 2 nitrogen and oxygen atoms in total. The monoisotopic (exact) mass is 428 g/mol. The fourth-order valence-corrected chi connectivity index (χ4v) is 2.71. The van der Waals surface area contributed by atoms with Crippen LogP contribution in [0.25, 0.3) is 22.6 Å². The smallest absolute Gasteiger partial charge is 0.228 e. The van der Waals surface area contributed by atoms with Gasteiger partial charge in [0.25, 0.3) is 6.43 Å². The Morgan fingerprint density at radius 1 is 0.846 bits per heavy atom. The standard InChI is InChI=1S/C18H10BrF5N2/c19-13-3-1-2-11(8-13)17-25-14(9-15(26-17)16(20)21)10-4-6-12(7-5-10)18(22,23)24/h1-9,16H. The lowest BCUT2D eigenvalue weighted by Crippen LogP contribution is -2.04.